The average molecular weight is 291 g/mol. The van der Waals surface area contributed by atoms with E-state index in [0.29, 0.717) is 12.9 Å². The van der Waals surface area contributed by atoms with Gasteiger partial charge in [-0.15, -0.1) is 0 Å². The number of ether oxygens (including phenoxy) is 3. The van der Waals surface area contributed by atoms with Gasteiger partial charge >= 0.3 is 0 Å². The summed E-state index contributed by atoms with van der Waals surface area (Å²) in [5.41, 5.74) is 1.17. The molecule has 116 valence electrons. The summed E-state index contributed by atoms with van der Waals surface area (Å²) < 4.78 is 17.2. The van der Waals surface area contributed by atoms with Crippen LogP contribution in [0.5, 0.6) is 17.2 Å². The monoisotopic (exact) mass is 291 g/mol. The van der Waals surface area contributed by atoms with Gasteiger partial charge in [0.25, 0.3) is 0 Å². The van der Waals surface area contributed by atoms with Crippen molar-refractivity contribution in [2.75, 3.05) is 13.3 Å². The molecule has 1 fully saturated rings. The largest absolute Gasteiger partial charge is 0.490 e. The van der Waals surface area contributed by atoms with E-state index in [9.17, 15) is 0 Å². The molecular formula is C17H25NO3. The first-order valence-corrected chi connectivity index (χ1v) is 8.16. The van der Waals surface area contributed by atoms with Gasteiger partial charge in [0.15, 0.2) is 11.5 Å². The maximum atomic E-state index is 6.27. The van der Waals surface area contributed by atoms with E-state index in [2.05, 4.69) is 18.3 Å². The first-order chi connectivity index (χ1) is 10.4. The first kappa shape index (κ1) is 14.5. The van der Waals surface area contributed by atoms with Crippen molar-refractivity contribution >= 4 is 0 Å². The predicted molar refractivity (Wildman–Crippen MR) is 82.1 cm³/mol. The van der Waals surface area contributed by atoms with Crippen molar-refractivity contribution in [1.29, 1.82) is 0 Å². The molecule has 0 aromatic heterocycles. The van der Waals surface area contributed by atoms with Gasteiger partial charge in [-0.05, 0) is 44.7 Å². The van der Waals surface area contributed by atoms with E-state index in [-0.39, 0.29) is 0 Å². The molecule has 0 radical (unpaired) electrons. The molecule has 1 heterocycles. The average Bonchev–Trinajstić information content (AvgIpc) is 2.96. The van der Waals surface area contributed by atoms with E-state index in [1.54, 1.807) is 0 Å². The van der Waals surface area contributed by atoms with Crippen LogP contribution in [0.2, 0.25) is 0 Å². The fraction of sp³-hybridized carbons (Fsp3) is 0.647. The summed E-state index contributed by atoms with van der Waals surface area (Å²) in [5, 5.41) is 3.44. The Bertz CT molecular complexity index is 469. The van der Waals surface area contributed by atoms with Crippen LogP contribution < -0.4 is 19.5 Å². The van der Waals surface area contributed by atoms with Gasteiger partial charge < -0.3 is 19.5 Å². The summed E-state index contributed by atoms with van der Waals surface area (Å²) in [6, 6.07) is 4.06. The summed E-state index contributed by atoms with van der Waals surface area (Å²) in [7, 11) is 0. The molecule has 21 heavy (non-hydrogen) atoms. The molecule has 0 spiro atoms. The minimum atomic E-state index is 0.310. The molecule has 1 aliphatic carbocycles. The maximum Gasteiger partial charge on any atom is 0.231 e. The Labute approximate surface area is 126 Å². The van der Waals surface area contributed by atoms with Gasteiger partial charge in [-0.1, -0.05) is 13.3 Å². The van der Waals surface area contributed by atoms with E-state index >= 15 is 0 Å². The van der Waals surface area contributed by atoms with Crippen LogP contribution in [0.4, 0.5) is 0 Å². The highest BCUT2D eigenvalue weighted by Crippen LogP contribution is 2.39. The van der Waals surface area contributed by atoms with E-state index in [1.165, 1.54) is 24.8 Å². The Morgan fingerprint density at radius 3 is 2.67 bits per heavy atom. The lowest BCUT2D eigenvalue weighted by Gasteiger charge is -2.24. The van der Waals surface area contributed by atoms with E-state index in [4.69, 9.17) is 14.2 Å². The van der Waals surface area contributed by atoms with Crippen LogP contribution in [0.1, 0.15) is 51.0 Å². The van der Waals surface area contributed by atoms with Gasteiger partial charge in [-0.3, -0.25) is 0 Å². The quantitative estimate of drug-likeness (QED) is 0.813. The van der Waals surface area contributed by atoms with E-state index in [0.717, 1.165) is 49.6 Å². The highest BCUT2D eigenvalue weighted by Gasteiger charge is 2.21. The zero-order valence-corrected chi connectivity index (χ0v) is 12.8. The predicted octanol–water partition coefficient (Wildman–Crippen LogP) is 3.63. The fourth-order valence-electron chi connectivity index (χ4n) is 2.98. The third-order valence-electron chi connectivity index (χ3n) is 4.14. The lowest BCUT2D eigenvalue weighted by atomic mass is 9.97. The van der Waals surface area contributed by atoms with Crippen molar-refractivity contribution in [2.45, 2.75) is 58.1 Å². The normalized spacial score (nSPS) is 18.0. The van der Waals surface area contributed by atoms with Gasteiger partial charge in [0, 0.05) is 18.2 Å². The Kier molecular flexibility index (Phi) is 4.86. The zero-order chi connectivity index (χ0) is 14.5. The maximum absolute atomic E-state index is 6.27. The molecule has 0 bridgehead atoms. The minimum Gasteiger partial charge on any atom is -0.490 e. The van der Waals surface area contributed by atoms with Gasteiger partial charge in [-0.2, -0.15) is 0 Å². The summed E-state index contributed by atoms with van der Waals surface area (Å²) in [6.07, 6.45) is 7.70. The number of rotatable bonds is 6. The summed E-state index contributed by atoms with van der Waals surface area (Å²) in [4.78, 5) is 0. The van der Waals surface area contributed by atoms with Crippen LogP contribution in [0.3, 0.4) is 0 Å². The Hall–Kier alpha value is -1.42. The van der Waals surface area contributed by atoms with Crippen molar-refractivity contribution in [3.8, 4) is 17.2 Å². The summed E-state index contributed by atoms with van der Waals surface area (Å²) in [5.74, 6) is 2.59. The number of fused-ring (bicyclic) bond motifs is 1. The van der Waals surface area contributed by atoms with Crippen molar-refractivity contribution in [1.82, 2.24) is 5.32 Å². The second kappa shape index (κ2) is 7.03. The number of hydrogen-bond donors (Lipinski definition) is 1. The molecule has 1 N–H and O–H groups in total. The second-order valence-corrected chi connectivity index (χ2v) is 5.87. The molecule has 0 saturated heterocycles. The van der Waals surface area contributed by atoms with Crippen LogP contribution in [-0.2, 0) is 6.54 Å². The Morgan fingerprint density at radius 2 is 1.90 bits per heavy atom. The Morgan fingerprint density at radius 1 is 1.14 bits per heavy atom. The second-order valence-electron chi connectivity index (χ2n) is 5.87. The molecule has 1 aromatic carbocycles. The zero-order valence-electron chi connectivity index (χ0n) is 12.8. The molecule has 2 aliphatic rings. The molecule has 1 saturated carbocycles. The third-order valence-corrected chi connectivity index (χ3v) is 4.14. The van der Waals surface area contributed by atoms with E-state index < -0.39 is 0 Å². The van der Waals surface area contributed by atoms with Crippen LogP contribution in [0.25, 0.3) is 0 Å². The summed E-state index contributed by atoms with van der Waals surface area (Å²) >= 11 is 0. The number of hydrogen-bond acceptors (Lipinski definition) is 4. The van der Waals surface area contributed by atoms with E-state index in [1.807, 2.05) is 6.07 Å². The smallest absolute Gasteiger partial charge is 0.231 e. The van der Waals surface area contributed by atoms with Gasteiger partial charge in [0.05, 0.1) is 6.10 Å². The standard InChI is InChI=1S/C17H25NO3/c1-2-8-18-11-13-9-16-17(20-12-19-16)10-15(13)21-14-6-4-3-5-7-14/h9-10,14,18H,2-8,11-12H2,1H3. The lowest BCUT2D eigenvalue weighted by molar-refractivity contribution is 0.152. The fourth-order valence-corrected chi connectivity index (χ4v) is 2.98. The van der Waals surface area contributed by atoms with Crippen LogP contribution in [0, 0.1) is 0 Å². The lowest BCUT2D eigenvalue weighted by Crippen LogP contribution is -2.21. The van der Waals surface area contributed by atoms with Crippen molar-refractivity contribution in [3.63, 3.8) is 0 Å². The summed E-state index contributed by atoms with van der Waals surface area (Å²) in [6.45, 7) is 4.31. The van der Waals surface area contributed by atoms with Crippen molar-refractivity contribution in [2.24, 2.45) is 0 Å². The molecule has 4 heteroatoms. The van der Waals surface area contributed by atoms with Crippen molar-refractivity contribution in [3.05, 3.63) is 17.7 Å². The molecule has 4 nitrogen and oxygen atoms in total. The minimum absolute atomic E-state index is 0.310. The number of benzene rings is 1. The van der Waals surface area contributed by atoms with Gasteiger partial charge in [0.1, 0.15) is 5.75 Å². The first-order valence-electron chi connectivity index (χ1n) is 8.16. The molecule has 3 rings (SSSR count). The molecule has 1 aliphatic heterocycles. The van der Waals surface area contributed by atoms with Crippen LogP contribution >= 0.6 is 0 Å². The van der Waals surface area contributed by atoms with Crippen LogP contribution in [-0.4, -0.2) is 19.4 Å². The molecule has 0 atom stereocenters. The molecule has 0 amide bonds. The van der Waals surface area contributed by atoms with Crippen molar-refractivity contribution < 1.29 is 14.2 Å². The van der Waals surface area contributed by atoms with Crippen LogP contribution in [0.15, 0.2) is 12.1 Å². The van der Waals surface area contributed by atoms with Gasteiger partial charge in [-0.25, -0.2) is 0 Å². The topological polar surface area (TPSA) is 39.7 Å². The Balaban J connectivity index is 1.75. The van der Waals surface area contributed by atoms with Gasteiger partial charge in [0.2, 0.25) is 6.79 Å². The highest BCUT2D eigenvalue weighted by atomic mass is 16.7. The molecule has 0 unspecified atom stereocenters. The molecule has 1 aromatic rings. The third kappa shape index (κ3) is 3.62. The highest BCUT2D eigenvalue weighted by molar-refractivity contribution is 5.51. The number of nitrogens with one attached hydrogen (secondary N) is 1. The SMILES string of the molecule is CCCNCc1cc2c(cc1OC1CCCCC1)OCO2. The molecular weight excluding hydrogens is 266 g/mol.